The van der Waals surface area contributed by atoms with Gasteiger partial charge in [-0.1, -0.05) is 22.5 Å². The van der Waals surface area contributed by atoms with Crippen molar-refractivity contribution in [2.45, 2.75) is 0 Å². The van der Waals surface area contributed by atoms with E-state index in [0.717, 1.165) is 6.07 Å². The van der Waals surface area contributed by atoms with E-state index in [9.17, 15) is 9.18 Å². The first-order chi connectivity index (χ1) is 6.63. The molecule has 2 nitrogen and oxygen atoms in total. The molecule has 4 heteroatoms. The van der Waals surface area contributed by atoms with Gasteiger partial charge in [0.2, 0.25) is 0 Å². The van der Waals surface area contributed by atoms with Crippen LogP contribution in [-0.4, -0.2) is 12.9 Å². The maximum atomic E-state index is 12.7. The van der Waals surface area contributed by atoms with Crippen LogP contribution < -0.4 is 4.74 Å². The lowest BCUT2D eigenvalue weighted by atomic mass is 10.2. The summed E-state index contributed by atoms with van der Waals surface area (Å²) in [5.41, 5.74) is 0.193. The summed E-state index contributed by atoms with van der Waals surface area (Å²) < 4.78 is 18.5. The molecule has 0 aliphatic rings. The van der Waals surface area contributed by atoms with E-state index in [4.69, 9.17) is 4.74 Å². The Kier molecular flexibility index (Phi) is 3.83. The van der Waals surface area contributed by atoms with Gasteiger partial charge in [-0.2, -0.15) is 0 Å². The molecule has 0 fully saturated rings. The average molecular weight is 259 g/mol. The first-order valence-electron chi connectivity index (χ1n) is 3.84. The third-order valence-corrected chi connectivity index (χ3v) is 1.71. The zero-order valence-electron chi connectivity index (χ0n) is 7.30. The second-order valence-corrected chi connectivity index (χ2v) is 3.73. The normalized spacial score (nSPS) is 9.57. The first kappa shape index (κ1) is 10.9. The highest BCUT2D eigenvalue weighted by Gasteiger charge is 2.04. The number of halogens is 2. The minimum Gasteiger partial charge on any atom is -0.488 e. The van der Waals surface area contributed by atoms with E-state index >= 15 is 0 Å². The van der Waals surface area contributed by atoms with E-state index in [-0.39, 0.29) is 12.2 Å². The molecule has 0 unspecified atom stereocenters. The van der Waals surface area contributed by atoms with Crippen LogP contribution in [0.5, 0.6) is 5.75 Å². The van der Waals surface area contributed by atoms with Crippen LogP contribution in [0.4, 0.5) is 4.39 Å². The van der Waals surface area contributed by atoms with E-state index in [1.165, 1.54) is 12.1 Å². The van der Waals surface area contributed by atoms with Crippen LogP contribution in [0, 0.1) is 5.82 Å². The lowest BCUT2D eigenvalue weighted by Crippen LogP contribution is -1.99. The van der Waals surface area contributed by atoms with Gasteiger partial charge < -0.3 is 4.74 Å². The molecule has 1 aromatic rings. The largest absolute Gasteiger partial charge is 0.488 e. The highest BCUT2D eigenvalue weighted by molar-refractivity contribution is 9.11. The molecule has 0 spiro atoms. The summed E-state index contributed by atoms with van der Waals surface area (Å²) in [4.78, 5) is 10.5. The van der Waals surface area contributed by atoms with Crippen molar-refractivity contribution in [3.63, 3.8) is 0 Å². The zero-order valence-corrected chi connectivity index (χ0v) is 8.88. The SMILES string of the molecule is C=C(Br)COc1ccc(F)cc1C=O. The van der Waals surface area contributed by atoms with Gasteiger partial charge in [0.25, 0.3) is 0 Å². The van der Waals surface area contributed by atoms with Gasteiger partial charge in [-0.15, -0.1) is 0 Å². The molecule has 0 saturated heterocycles. The van der Waals surface area contributed by atoms with E-state index in [1.807, 2.05) is 0 Å². The second-order valence-electron chi connectivity index (χ2n) is 2.61. The molecule has 0 aliphatic carbocycles. The summed E-state index contributed by atoms with van der Waals surface area (Å²) >= 11 is 3.11. The van der Waals surface area contributed by atoms with Crippen LogP contribution in [0.3, 0.4) is 0 Å². The average Bonchev–Trinajstić information content (AvgIpc) is 2.15. The second kappa shape index (κ2) is 4.91. The summed E-state index contributed by atoms with van der Waals surface area (Å²) in [6, 6.07) is 3.77. The van der Waals surface area contributed by atoms with Crippen LogP contribution in [0.2, 0.25) is 0 Å². The van der Waals surface area contributed by atoms with E-state index in [2.05, 4.69) is 22.5 Å². The number of hydrogen-bond donors (Lipinski definition) is 0. The van der Waals surface area contributed by atoms with Crippen LogP contribution in [0.25, 0.3) is 0 Å². The Morgan fingerprint density at radius 1 is 1.64 bits per heavy atom. The summed E-state index contributed by atoms with van der Waals surface area (Å²) in [6.07, 6.45) is 0.551. The predicted octanol–water partition coefficient (Wildman–Crippen LogP) is 2.93. The van der Waals surface area contributed by atoms with Crippen molar-refractivity contribution in [2.75, 3.05) is 6.61 Å². The Morgan fingerprint density at radius 2 is 2.36 bits per heavy atom. The van der Waals surface area contributed by atoms with Gasteiger partial charge in [0, 0.05) is 4.48 Å². The number of carbonyl (C=O) groups is 1. The molecule has 0 N–H and O–H groups in total. The molecular weight excluding hydrogens is 251 g/mol. The van der Waals surface area contributed by atoms with Crippen LogP contribution in [0.1, 0.15) is 10.4 Å². The van der Waals surface area contributed by atoms with Gasteiger partial charge in [-0.3, -0.25) is 4.79 Å². The molecule has 0 atom stereocenters. The number of ether oxygens (including phenoxy) is 1. The fourth-order valence-corrected chi connectivity index (χ4v) is 1.01. The van der Waals surface area contributed by atoms with Crippen LogP contribution in [-0.2, 0) is 0 Å². The van der Waals surface area contributed by atoms with Crippen molar-refractivity contribution in [1.82, 2.24) is 0 Å². The molecule has 0 aromatic heterocycles. The lowest BCUT2D eigenvalue weighted by molar-refractivity contribution is 0.111. The lowest BCUT2D eigenvalue weighted by Gasteiger charge is -2.06. The van der Waals surface area contributed by atoms with E-state index in [1.54, 1.807) is 0 Å². The highest BCUT2D eigenvalue weighted by Crippen LogP contribution is 2.18. The molecule has 0 aliphatic heterocycles. The van der Waals surface area contributed by atoms with Crippen molar-refractivity contribution in [3.05, 3.63) is 40.6 Å². The molecule has 14 heavy (non-hydrogen) atoms. The molecule has 1 rings (SSSR count). The van der Waals surface area contributed by atoms with Gasteiger partial charge in [-0.05, 0) is 18.2 Å². The van der Waals surface area contributed by atoms with Gasteiger partial charge in [-0.25, -0.2) is 4.39 Å². The summed E-state index contributed by atoms with van der Waals surface area (Å²) in [6.45, 7) is 3.82. The van der Waals surface area contributed by atoms with Crippen LogP contribution in [0.15, 0.2) is 29.3 Å². The van der Waals surface area contributed by atoms with Crippen molar-refractivity contribution in [2.24, 2.45) is 0 Å². The van der Waals surface area contributed by atoms with Crippen molar-refractivity contribution >= 4 is 22.2 Å². The Bertz CT molecular complexity index is 363. The third kappa shape index (κ3) is 2.96. The minimum absolute atomic E-state index is 0.193. The maximum absolute atomic E-state index is 12.7. The van der Waals surface area contributed by atoms with Gasteiger partial charge in [0.15, 0.2) is 6.29 Å². The number of aldehydes is 1. The van der Waals surface area contributed by atoms with E-state index in [0.29, 0.717) is 16.5 Å². The maximum Gasteiger partial charge on any atom is 0.153 e. The predicted molar refractivity (Wildman–Crippen MR) is 55.3 cm³/mol. The molecule has 0 bridgehead atoms. The fourth-order valence-electron chi connectivity index (χ4n) is 0.899. The minimum atomic E-state index is -0.461. The smallest absolute Gasteiger partial charge is 0.153 e. The zero-order chi connectivity index (χ0) is 10.6. The molecule has 74 valence electrons. The van der Waals surface area contributed by atoms with Gasteiger partial charge in [0.05, 0.1) is 5.56 Å². The molecule has 0 radical (unpaired) electrons. The number of hydrogen-bond acceptors (Lipinski definition) is 2. The first-order valence-corrected chi connectivity index (χ1v) is 4.63. The van der Waals surface area contributed by atoms with Gasteiger partial charge in [0.1, 0.15) is 18.2 Å². The Balaban J connectivity index is 2.85. The Hall–Kier alpha value is -1.16. The Morgan fingerprint density at radius 3 is 2.93 bits per heavy atom. The topological polar surface area (TPSA) is 26.3 Å². The van der Waals surface area contributed by atoms with E-state index < -0.39 is 5.82 Å². The molecule has 0 amide bonds. The van der Waals surface area contributed by atoms with Gasteiger partial charge >= 0.3 is 0 Å². The number of rotatable bonds is 4. The summed E-state index contributed by atoms with van der Waals surface area (Å²) in [5, 5.41) is 0. The number of benzene rings is 1. The highest BCUT2D eigenvalue weighted by atomic mass is 79.9. The standard InChI is InChI=1S/C10H8BrFO2/c1-7(11)6-14-10-3-2-9(12)4-8(10)5-13/h2-5H,1,6H2. The van der Waals surface area contributed by atoms with Crippen molar-refractivity contribution in [1.29, 1.82) is 0 Å². The molecular formula is C10H8BrFO2. The number of carbonyl (C=O) groups excluding carboxylic acids is 1. The third-order valence-electron chi connectivity index (χ3n) is 1.48. The Labute approximate surface area is 89.5 Å². The van der Waals surface area contributed by atoms with Crippen molar-refractivity contribution in [3.8, 4) is 5.75 Å². The van der Waals surface area contributed by atoms with Crippen LogP contribution >= 0.6 is 15.9 Å². The molecule has 1 aromatic carbocycles. The fraction of sp³-hybridized carbons (Fsp3) is 0.100. The summed E-state index contributed by atoms with van der Waals surface area (Å²) in [5.74, 6) is -0.112. The quantitative estimate of drug-likeness (QED) is 0.777. The summed E-state index contributed by atoms with van der Waals surface area (Å²) in [7, 11) is 0. The molecule has 0 saturated carbocycles. The van der Waals surface area contributed by atoms with Crippen molar-refractivity contribution < 1.29 is 13.9 Å². The molecule has 0 heterocycles. The monoisotopic (exact) mass is 258 g/mol.